The van der Waals surface area contributed by atoms with E-state index in [1.165, 1.54) is 5.56 Å². The molecule has 2 fully saturated rings. The van der Waals surface area contributed by atoms with Crippen LogP contribution in [0.5, 0.6) is 0 Å². The maximum atomic E-state index is 13.0. The molecule has 1 unspecified atom stereocenters. The fourth-order valence-electron chi connectivity index (χ4n) is 4.28. The molecule has 2 aliphatic rings. The van der Waals surface area contributed by atoms with Gasteiger partial charge in [-0.05, 0) is 61.9 Å². The molecule has 0 aromatic heterocycles. The molecule has 2 saturated heterocycles. The largest absolute Gasteiger partial charge is 0.327 e. The summed E-state index contributed by atoms with van der Waals surface area (Å²) in [5.74, 6) is -0.200. The van der Waals surface area contributed by atoms with E-state index >= 15 is 0 Å². The number of hydrogen-bond donors (Lipinski definition) is 1. The van der Waals surface area contributed by atoms with E-state index in [9.17, 15) is 9.59 Å². The first-order valence-electron chi connectivity index (χ1n) is 10.9. The fraction of sp³-hybridized carbons (Fsp3) is 0.417. The minimum atomic E-state index is -0.433. The van der Waals surface area contributed by atoms with Crippen molar-refractivity contribution in [2.75, 3.05) is 45.1 Å². The van der Waals surface area contributed by atoms with Crippen LogP contribution in [0.3, 0.4) is 0 Å². The summed E-state index contributed by atoms with van der Waals surface area (Å²) in [6, 6.07) is 14.9. The van der Waals surface area contributed by atoms with Crippen LogP contribution in [-0.2, 0) is 11.3 Å². The topological polar surface area (TPSA) is 55.9 Å². The number of nitrogens with zero attached hydrogens (tertiary/aromatic N) is 3. The molecule has 2 aromatic rings. The first-order valence-corrected chi connectivity index (χ1v) is 11.7. The van der Waals surface area contributed by atoms with Gasteiger partial charge in [0.25, 0.3) is 5.91 Å². The standard InChI is InChI=1S/C24H29BrN4O2/c1-27-12-14-28(15-13-27)17-18-4-2-5-21(16-18)26-23(30)22-6-3-11-29(22)24(31)19-7-9-20(25)10-8-19/h2,4-5,7-10,16,22H,3,6,11-15,17H2,1H3,(H,26,30). The number of rotatable bonds is 5. The summed E-state index contributed by atoms with van der Waals surface area (Å²) >= 11 is 3.40. The zero-order valence-corrected chi connectivity index (χ0v) is 19.5. The van der Waals surface area contributed by atoms with Crippen molar-refractivity contribution in [1.82, 2.24) is 14.7 Å². The first kappa shape index (κ1) is 22.0. The second-order valence-electron chi connectivity index (χ2n) is 8.43. The van der Waals surface area contributed by atoms with Gasteiger partial charge < -0.3 is 15.1 Å². The summed E-state index contributed by atoms with van der Waals surface area (Å²) < 4.78 is 0.927. The van der Waals surface area contributed by atoms with Crippen molar-refractivity contribution in [3.05, 3.63) is 64.1 Å². The third kappa shape index (κ3) is 5.53. The Bertz CT molecular complexity index is 925. The van der Waals surface area contributed by atoms with E-state index in [0.717, 1.165) is 49.3 Å². The van der Waals surface area contributed by atoms with Gasteiger partial charge in [0.05, 0.1) is 0 Å². The van der Waals surface area contributed by atoms with Gasteiger partial charge in [-0.25, -0.2) is 0 Å². The van der Waals surface area contributed by atoms with E-state index in [1.54, 1.807) is 17.0 Å². The van der Waals surface area contributed by atoms with Gasteiger partial charge in [0.15, 0.2) is 0 Å². The van der Waals surface area contributed by atoms with E-state index < -0.39 is 6.04 Å². The summed E-state index contributed by atoms with van der Waals surface area (Å²) in [5.41, 5.74) is 2.59. The lowest BCUT2D eigenvalue weighted by Gasteiger charge is -2.32. The molecule has 0 bridgehead atoms. The Morgan fingerprint density at radius 1 is 1.03 bits per heavy atom. The number of halogens is 1. The van der Waals surface area contributed by atoms with Gasteiger partial charge in [0.2, 0.25) is 5.91 Å². The minimum Gasteiger partial charge on any atom is -0.327 e. The van der Waals surface area contributed by atoms with Crippen molar-refractivity contribution in [2.45, 2.75) is 25.4 Å². The van der Waals surface area contributed by atoms with Gasteiger partial charge in [-0.2, -0.15) is 0 Å². The van der Waals surface area contributed by atoms with E-state index in [0.29, 0.717) is 18.5 Å². The number of carbonyl (C=O) groups excluding carboxylic acids is 2. The lowest BCUT2D eigenvalue weighted by molar-refractivity contribution is -0.119. The number of likely N-dealkylation sites (tertiary alicyclic amines) is 1. The molecular weight excluding hydrogens is 456 g/mol. The highest BCUT2D eigenvalue weighted by atomic mass is 79.9. The van der Waals surface area contributed by atoms with Crippen LogP contribution in [0.2, 0.25) is 0 Å². The molecule has 6 nitrogen and oxygen atoms in total. The molecule has 2 heterocycles. The van der Waals surface area contributed by atoms with Gasteiger partial charge in [-0.3, -0.25) is 14.5 Å². The smallest absolute Gasteiger partial charge is 0.254 e. The Morgan fingerprint density at radius 3 is 2.52 bits per heavy atom. The zero-order valence-electron chi connectivity index (χ0n) is 17.9. The third-order valence-electron chi connectivity index (χ3n) is 6.10. The van der Waals surface area contributed by atoms with Gasteiger partial charge >= 0.3 is 0 Å². The zero-order chi connectivity index (χ0) is 21.8. The van der Waals surface area contributed by atoms with Crippen LogP contribution in [0, 0.1) is 0 Å². The van der Waals surface area contributed by atoms with Gasteiger partial charge in [-0.1, -0.05) is 28.1 Å². The molecule has 7 heteroatoms. The number of hydrogen-bond acceptors (Lipinski definition) is 4. The van der Waals surface area contributed by atoms with Gasteiger partial charge in [0.1, 0.15) is 6.04 Å². The van der Waals surface area contributed by atoms with Gasteiger partial charge in [-0.15, -0.1) is 0 Å². The molecule has 164 valence electrons. The monoisotopic (exact) mass is 484 g/mol. The Morgan fingerprint density at radius 2 is 1.77 bits per heavy atom. The van der Waals surface area contributed by atoms with E-state index in [1.807, 2.05) is 30.3 Å². The Kier molecular flexibility index (Phi) is 7.05. The number of nitrogens with one attached hydrogen (secondary N) is 1. The molecule has 0 aliphatic carbocycles. The number of benzene rings is 2. The quantitative estimate of drug-likeness (QED) is 0.705. The van der Waals surface area contributed by atoms with E-state index in [4.69, 9.17) is 0 Å². The molecule has 2 aliphatic heterocycles. The average molecular weight is 485 g/mol. The Hall–Kier alpha value is -2.22. The second kappa shape index (κ2) is 9.94. The Balaban J connectivity index is 1.39. The van der Waals surface area contributed by atoms with Crippen LogP contribution >= 0.6 is 15.9 Å². The van der Waals surface area contributed by atoms with Crippen LogP contribution in [-0.4, -0.2) is 72.3 Å². The molecule has 2 amide bonds. The maximum Gasteiger partial charge on any atom is 0.254 e. The van der Waals surface area contributed by atoms with Crippen molar-refractivity contribution >= 4 is 33.4 Å². The molecule has 0 radical (unpaired) electrons. The molecule has 31 heavy (non-hydrogen) atoms. The summed E-state index contributed by atoms with van der Waals surface area (Å²) in [6.07, 6.45) is 1.53. The predicted octanol–water partition coefficient (Wildman–Crippen LogP) is 3.44. The maximum absolute atomic E-state index is 13.0. The van der Waals surface area contributed by atoms with Crippen molar-refractivity contribution in [3.63, 3.8) is 0 Å². The number of carbonyl (C=O) groups is 2. The molecular formula is C24H29BrN4O2. The normalized spacial score (nSPS) is 20.1. The summed E-state index contributed by atoms with van der Waals surface area (Å²) in [6.45, 7) is 5.77. The van der Waals surface area contributed by atoms with Crippen LogP contribution < -0.4 is 5.32 Å². The second-order valence-corrected chi connectivity index (χ2v) is 9.35. The van der Waals surface area contributed by atoms with Crippen molar-refractivity contribution in [1.29, 1.82) is 0 Å². The number of piperazine rings is 1. The highest BCUT2D eigenvalue weighted by Crippen LogP contribution is 2.23. The van der Waals surface area contributed by atoms with E-state index in [2.05, 4.69) is 44.2 Å². The predicted molar refractivity (Wildman–Crippen MR) is 126 cm³/mol. The number of amides is 2. The van der Waals surface area contributed by atoms with Gasteiger partial charge in [0, 0.05) is 55.0 Å². The molecule has 4 rings (SSSR count). The van der Waals surface area contributed by atoms with Crippen molar-refractivity contribution < 1.29 is 9.59 Å². The molecule has 0 saturated carbocycles. The highest BCUT2D eigenvalue weighted by molar-refractivity contribution is 9.10. The molecule has 1 atom stereocenters. The van der Waals surface area contributed by atoms with Crippen LogP contribution in [0.15, 0.2) is 53.0 Å². The van der Waals surface area contributed by atoms with Crippen LogP contribution in [0.25, 0.3) is 0 Å². The van der Waals surface area contributed by atoms with Crippen molar-refractivity contribution in [2.24, 2.45) is 0 Å². The SMILES string of the molecule is CN1CCN(Cc2cccc(NC(=O)C3CCCN3C(=O)c3ccc(Br)cc3)c2)CC1. The molecule has 0 spiro atoms. The minimum absolute atomic E-state index is 0.0889. The Labute approximate surface area is 192 Å². The summed E-state index contributed by atoms with van der Waals surface area (Å²) in [5, 5.41) is 3.05. The average Bonchev–Trinajstić information content (AvgIpc) is 3.26. The molecule has 2 aromatic carbocycles. The lowest BCUT2D eigenvalue weighted by atomic mass is 10.1. The number of likely N-dealkylation sites (N-methyl/N-ethyl adjacent to an activating group) is 1. The highest BCUT2D eigenvalue weighted by Gasteiger charge is 2.34. The summed E-state index contributed by atoms with van der Waals surface area (Å²) in [4.78, 5) is 32.5. The fourth-order valence-corrected chi connectivity index (χ4v) is 4.54. The lowest BCUT2D eigenvalue weighted by Crippen LogP contribution is -2.44. The van der Waals surface area contributed by atoms with Crippen LogP contribution in [0.1, 0.15) is 28.8 Å². The summed E-state index contributed by atoms with van der Waals surface area (Å²) in [7, 11) is 2.15. The van der Waals surface area contributed by atoms with Crippen LogP contribution in [0.4, 0.5) is 5.69 Å². The number of anilines is 1. The van der Waals surface area contributed by atoms with E-state index in [-0.39, 0.29) is 11.8 Å². The third-order valence-corrected chi connectivity index (χ3v) is 6.63. The van der Waals surface area contributed by atoms with Crippen molar-refractivity contribution in [3.8, 4) is 0 Å². The molecule has 1 N–H and O–H groups in total. The first-order chi connectivity index (χ1) is 15.0.